The molecule has 2 atom stereocenters. The number of carbonyl (C=O) groups is 1. The predicted molar refractivity (Wildman–Crippen MR) is 70.9 cm³/mol. The molecule has 0 heterocycles. The molecule has 108 valence electrons. The van der Waals surface area contributed by atoms with Gasteiger partial charge in [0, 0.05) is 18.7 Å². The van der Waals surface area contributed by atoms with Crippen LogP contribution in [0.15, 0.2) is 29.3 Å². The molecule has 2 unspecified atom stereocenters. The molecule has 1 aliphatic carbocycles. The van der Waals surface area contributed by atoms with Crippen molar-refractivity contribution < 1.29 is 18.0 Å². The van der Waals surface area contributed by atoms with Crippen molar-refractivity contribution in [2.24, 2.45) is 10.9 Å². The Balaban J connectivity index is 2.43. The smallest absolute Gasteiger partial charge is 0.298 e. The second-order valence-corrected chi connectivity index (χ2v) is 4.98. The molecule has 0 radical (unpaired) electrons. The summed E-state index contributed by atoms with van der Waals surface area (Å²) in [6.45, 7) is 1.91. The van der Waals surface area contributed by atoms with Gasteiger partial charge in [0.15, 0.2) is 0 Å². The Kier molecular flexibility index (Phi) is 3.97. The van der Waals surface area contributed by atoms with Gasteiger partial charge >= 0.3 is 6.18 Å². The van der Waals surface area contributed by atoms with Gasteiger partial charge in [-0.3, -0.25) is 9.79 Å². The van der Waals surface area contributed by atoms with E-state index in [0.717, 1.165) is 12.1 Å². The average Bonchev–Trinajstić information content (AvgIpc) is 2.74. The van der Waals surface area contributed by atoms with Crippen molar-refractivity contribution in [2.75, 3.05) is 7.05 Å². The van der Waals surface area contributed by atoms with E-state index in [2.05, 4.69) is 4.99 Å². The van der Waals surface area contributed by atoms with Crippen molar-refractivity contribution in [3.8, 4) is 0 Å². The number of aliphatic imine (C=N–C) groups is 1. The van der Waals surface area contributed by atoms with Crippen LogP contribution in [0.1, 0.15) is 36.8 Å². The van der Waals surface area contributed by atoms with E-state index in [1.807, 2.05) is 6.92 Å². The zero-order chi connectivity index (χ0) is 14.9. The number of halogens is 3. The third kappa shape index (κ3) is 2.62. The zero-order valence-electron chi connectivity index (χ0n) is 11.4. The number of nitrogens with zero attached hydrogens (tertiary/aromatic N) is 1. The largest absolute Gasteiger partial charge is 0.416 e. The molecule has 1 aromatic rings. The summed E-state index contributed by atoms with van der Waals surface area (Å²) in [5, 5.41) is 0. The molecule has 1 fully saturated rings. The maximum Gasteiger partial charge on any atom is 0.416 e. The first-order valence-electron chi connectivity index (χ1n) is 6.55. The third-order valence-corrected chi connectivity index (χ3v) is 3.80. The summed E-state index contributed by atoms with van der Waals surface area (Å²) in [7, 11) is 1.58. The lowest BCUT2D eigenvalue weighted by Crippen LogP contribution is -2.16. The standard InChI is InChI=1S/C15H16F3NO/c1-3-9-8-12(19-2)13(14(9)20)10-5-4-6-11(7-10)15(16,17)18/h4-7,9,13H,3,8H2,1-2H3. The fourth-order valence-corrected chi connectivity index (χ4v) is 2.69. The van der Waals surface area contributed by atoms with Gasteiger partial charge in [-0.1, -0.05) is 25.1 Å². The molecule has 5 heteroatoms. The highest BCUT2D eigenvalue weighted by molar-refractivity contribution is 6.16. The van der Waals surface area contributed by atoms with Crippen LogP contribution >= 0.6 is 0 Å². The van der Waals surface area contributed by atoms with Crippen molar-refractivity contribution in [2.45, 2.75) is 31.9 Å². The molecule has 0 spiro atoms. The maximum atomic E-state index is 12.8. The number of hydrogen-bond acceptors (Lipinski definition) is 2. The van der Waals surface area contributed by atoms with E-state index in [-0.39, 0.29) is 11.7 Å². The topological polar surface area (TPSA) is 29.4 Å². The van der Waals surface area contributed by atoms with E-state index in [9.17, 15) is 18.0 Å². The van der Waals surface area contributed by atoms with Crippen molar-refractivity contribution in [1.29, 1.82) is 0 Å². The van der Waals surface area contributed by atoms with Crippen LogP contribution in [0.25, 0.3) is 0 Å². The van der Waals surface area contributed by atoms with Crippen LogP contribution in [0.2, 0.25) is 0 Å². The summed E-state index contributed by atoms with van der Waals surface area (Å²) in [6, 6.07) is 4.99. The summed E-state index contributed by atoms with van der Waals surface area (Å²) in [5.41, 5.74) is 0.348. The second kappa shape index (κ2) is 5.38. The van der Waals surface area contributed by atoms with E-state index in [1.165, 1.54) is 6.07 Å². The van der Waals surface area contributed by atoms with Crippen LogP contribution in [-0.4, -0.2) is 18.5 Å². The molecular formula is C15H16F3NO. The molecule has 2 nitrogen and oxygen atoms in total. The SMILES string of the molecule is CCC1CC(=NC)C(c2cccc(C(F)(F)F)c2)C1=O. The maximum absolute atomic E-state index is 12.8. The molecule has 1 saturated carbocycles. The number of Topliss-reactive ketones (excluding diaryl/α,β-unsaturated/α-hetero) is 1. The van der Waals surface area contributed by atoms with Gasteiger partial charge in [-0.05, 0) is 24.5 Å². The molecule has 0 amide bonds. The van der Waals surface area contributed by atoms with Gasteiger partial charge in [0.1, 0.15) is 5.78 Å². The quantitative estimate of drug-likeness (QED) is 0.810. The van der Waals surface area contributed by atoms with Crippen LogP contribution in [0.4, 0.5) is 13.2 Å². The number of alkyl halides is 3. The molecule has 20 heavy (non-hydrogen) atoms. The molecule has 0 bridgehead atoms. The molecule has 0 aromatic heterocycles. The van der Waals surface area contributed by atoms with Gasteiger partial charge in [-0.25, -0.2) is 0 Å². The lowest BCUT2D eigenvalue weighted by Gasteiger charge is -2.13. The zero-order valence-corrected chi connectivity index (χ0v) is 11.4. The first-order chi connectivity index (χ1) is 9.38. The predicted octanol–water partition coefficient (Wildman–Crippen LogP) is 3.86. The van der Waals surface area contributed by atoms with E-state index in [4.69, 9.17) is 0 Å². The molecule has 0 N–H and O–H groups in total. The van der Waals surface area contributed by atoms with Crippen molar-refractivity contribution >= 4 is 11.5 Å². The van der Waals surface area contributed by atoms with Crippen molar-refractivity contribution in [1.82, 2.24) is 0 Å². The molecule has 0 aliphatic heterocycles. The van der Waals surface area contributed by atoms with Gasteiger partial charge in [-0.15, -0.1) is 0 Å². The van der Waals surface area contributed by atoms with Crippen molar-refractivity contribution in [3.05, 3.63) is 35.4 Å². The Bertz CT molecular complexity index is 548. The van der Waals surface area contributed by atoms with Gasteiger partial charge < -0.3 is 0 Å². The first-order valence-corrected chi connectivity index (χ1v) is 6.55. The summed E-state index contributed by atoms with van der Waals surface area (Å²) in [4.78, 5) is 16.4. The monoisotopic (exact) mass is 283 g/mol. The Hall–Kier alpha value is -1.65. The molecule has 1 aliphatic rings. The molecule has 0 saturated heterocycles. The molecule has 2 rings (SSSR count). The molecule has 1 aromatic carbocycles. The van der Waals surface area contributed by atoms with Crippen LogP contribution in [0.3, 0.4) is 0 Å². The van der Waals surface area contributed by atoms with Gasteiger partial charge in [0.25, 0.3) is 0 Å². The number of hydrogen-bond donors (Lipinski definition) is 0. The van der Waals surface area contributed by atoms with Gasteiger partial charge in [0.2, 0.25) is 0 Å². The van der Waals surface area contributed by atoms with Crippen LogP contribution < -0.4 is 0 Å². The lowest BCUT2D eigenvalue weighted by atomic mass is 9.92. The number of ketones is 1. The fourth-order valence-electron chi connectivity index (χ4n) is 2.69. The highest BCUT2D eigenvalue weighted by Gasteiger charge is 2.40. The average molecular weight is 283 g/mol. The van der Waals surface area contributed by atoms with E-state index >= 15 is 0 Å². The van der Waals surface area contributed by atoms with Crippen LogP contribution in [-0.2, 0) is 11.0 Å². The summed E-state index contributed by atoms with van der Waals surface area (Å²) >= 11 is 0. The summed E-state index contributed by atoms with van der Waals surface area (Å²) in [6.07, 6.45) is -3.16. The highest BCUT2D eigenvalue weighted by atomic mass is 19.4. The van der Waals surface area contributed by atoms with Gasteiger partial charge in [-0.2, -0.15) is 13.2 Å². The Morgan fingerprint density at radius 1 is 1.35 bits per heavy atom. The highest BCUT2D eigenvalue weighted by Crippen LogP contribution is 2.37. The van der Waals surface area contributed by atoms with Crippen molar-refractivity contribution in [3.63, 3.8) is 0 Å². The van der Waals surface area contributed by atoms with E-state index < -0.39 is 17.7 Å². The summed E-state index contributed by atoms with van der Waals surface area (Å²) < 4.78 is 38.3. The van der Waals surface area contributed by atoms with Gasteiger partial charge in [0.05, 0.1) is 11.5 Å². The Morgan fingerprint density at radius 2 is 2.05 bits per heavy atom. The number of benzene rings is 1. The Labute approximate surface area is 115 Å². The second-order valence-electron chi connectivity index (χ2n) is 4.98. The van der Waals surface area contributed by atoms with Crippen LogP contribution in [0, 0.1) is 5.92 Å². The van der Waals surface area contributed by atoms with E-state index in [1.54, 1.807) is 13.1 Å². The number of carbonyl (C=O) groups excluding carboxylic acids is 1. The normalized spacial score (nSPS) is 25.4. The fraction of sp³-hybridized carbons (Fsp3) is 0.467. The minimum absolute atomic E-state index is 0.0209. The third-order valence-electron chi connectivity index (χ3n) is 3.80. The van der Waals surface area contributed by atoms with E-state index in [0.29, 0.717) is 24.1 Å². The summed E-state index contributed by atoms with van der Waals surface area (Å²) in [5.74, 6) is -0.770. The molecular weight excluding hydrogens is 267 g/mol. The number of rotatable bonds is 2. The first kappa shape index (κ1) is 14.8. The minimum Gasteiger partial charge on any atom is -0.298 e. The Morgan fingerprint density at radius 3 is 2.60 bits per heavy atom. The minimum atomic E-state index is -4.40. The van der Waals surface area contributed by atoms with Crippen LogP contribution in [0.5, 0.6) is 0 Å². The lowest BCUT2D eigenvalue weighted by molar-refractivity contribution is -0.137.